The number of hydrogen-bond acceptors (Lipinski definition) is 2. The van der Waals surface area contributed by atoms with Gasteiger partial charge in [-0.25, -0.2) is 4.79 Å². The minimum absolute atomic E-state index is 0.136. The summed E-state index contributed by atoms with van der Waals surface area (Å²) in [6.07, 6.45) is 5.49. The van der Waals surface area contributed by atoms with Gasteiger partial charge in [-0.15, -0.1) is 0 Å². The summed E-state index contributed by atoms with van der Waals surface area (Å²) in [7, 11) is 0. The molecule has 2 saturated carbocycles. The van der Waals surface area contributed by atoms with Crippen LogP contribution in [0.5, 0.6) is 0 Å². The molecule has 2 aromatic rings. The van der Waals surface area contributed by atoms with Gasteiger partial charge in [0.2, 0.25) is 0 Å². The molecule has 1 aromatic heterocycles. The number of nitrogens with one attached hydrogen (secondary N) is 3. The monoisotopic (exact) mass is 243 g/mol. The zero-order valence-corrected chi connectivity index (χ0v) is 10.2. The van der Waals surface area contributed by atoms with E-state index in [2.05, 4.69) is 21.4 Å². The van der Waals surface area contributed by atoms with E-state index in [9.17, 15) is 4.79 Å². The predicted octanol–water partition coefficient (Wildman–Crippen LogP) is 2.46. The van der Waals surface area contributed by atoms with E-state index >= 15 is 0 Å². The smallest absolute Gasteiger partial charge is 0.323 e. The molecule has 2 aliphatic carbocycles. The highest BCUT2D eigenvalue weighted by molar-refractivity contribution is 5.78. The standard InChI is InChI=1S/C14H17N3O/c18-14-16-11-6-5-10(7-12(11)17-14)15-13(8-1-2-8)9-3-4-9/h5-9,13,15H,1-4H2,(H2,16,17,18). The van der Waals surface area contributed by atoms with Crippen LogP contribution in [0.4, 0.5) is 5.69 Å². The zero-order chi connectivity index (χ0) is 12.1. The van der Waals surface area contributed by atoms with Crippen molar-refractivity contribution in [2.24, 2.45) is 11.8 Å². The van der Waals surface area contributed by atoms with Gasteiger partial charge >= 0.3 is 5.69 Å². The van der Waals surface area contributed by atoms with Crippen molar-refractivity contribution in [3.63, 3.8) is 0 Å². The Labute approximate surface area is 105 Å². The summed E-state index contributed by atoms with van der Waals surface area (Å²) in [5, 5.41) is 3.67. The molecule has 0 saturated heterocycles. The molecule has 0 atom stereocenters. The third-order valence-corrected chi connectivity index (χ3v) is 4.11. The molecule has 0 bridgehead atoms. The Morgan fingerprint density at radius 1 is 1.06 bits per heavy atom. The van der Waals surface area contributed by atoms with Crippen molar-refractivity contribution in [3.8, 4) is 0 Å². The van der Waals surface area contributed by atoms with E-state index < -0.39 is 0 Å². The topological polar surface area (TPSA) is 60.7 Å². The van der Waals surface area contributed by atoms with Crippen LogP contribution in [0, 0.1) is 11.8 Å². The van der Waals surface area contributed by atoms with E-state index in [0.29, 0.717) is 6.04 Å². The quantitative estimate of drug-likeness (QED) is 0.772. The fourth-order valence-corrected chi connectivity index (χ4v) is 2.85. The summed E-state index contributed by atoms with van der Waals surface area (Å²) in [6.45, 7) is 0. The lowest BCUT2D eigenvalue weighted by atomic mass is 10.1. The third kappa shape index (κ3) is 1.82. The Hall–Kier alpha value is -1.71. The molecule has 1 aromatic carbocycles. The first-order valence-electron chi connectivity index (χ1n) is 6.78. The summed E-state index contributed by atoms with van der Waals surface area (Å²) in [4.78, 5) is 16.8. The number of imidazole rings is 1. The molecular weight excluding hydrogens is 226 g/mol. The first-order valence-corrected chi connectivity index (χ1v) is 6.78. The van der Waals surface area contributed by atoms with Gasteiger partial charge in [-0.2, -0.15) is 0 Å². The van der Waals surface area contributed by atoms with Gasteiger partial charge in [-0.1, -0.05) is 0 Å². The lowest BCUT2D eigenvalue weighted by Crippen LogP contribution is -2.24. The molecule has 0 amide bonds. The van der Waals surface area contributed by atoms with Crippen molar-refractivity contribution in [1.29, 1.82) is 0 Å². The SMILES string of the molecule is O=c1[nH]c2ccc(NC(C3CC3)C3CC3)cc2[nH]1. The van der Waals surface area contributed by atoms with E-state index in [0.717, 1.165) is 28.6 Å². The van der Waals surface area contributed by atoms with Crippen LogP contribution < -0.4 is 11.0 Å². The van der Waals surface area contributed by atoms with Crippen molar-refractivity contribution in [2.45, 2.75) is 31.7 Å². The second-order valence-electron chi connectivity index (χ2n) is 5.68. The molecule has 1 heterocycles. The van der Waals surface area contributed by atoms with Crippen molar-refractivity contribution in [3.05, 3.63) is 28.7 Å². The van der Waals surface area contributed by atoms with E-state index in [1.165, 1.54) is 25.7 Å². The molecule has 4 heteroatoms. The molecule has 18 heavy (non-hydrogen) atoms. The van der Waals surface area contributed by atoms with Gasteiger partial charge in [-0.05, 0) is 55.7 Å². The summed E-state index contributed by atoms with van der Waals surface area (Å²) in [6, 6.07) is 6.70. The fraction of sp³-hybridized carbons (Fsp3) is 0.500. The maximum absolute atomic E-state index is 11.2. The molecule has 0 unspecified atom stereocenters. The first-order chi connectivity index (χ1) is 8.79. The first kappa shape index (κ1) is 10.2. The molecule has 0 spiro atoms. The van der Waals surface area contributed by atoms with Crippen LogP contribution in [0.25, 0.3) is 11.0 Å². The van der Waals surface area contributed by atoms with Gasteiger partial charge in [0, 0.05) is 11.7 Å². The number of hydrogen-bond donors (Lipinski definition) is 3. The predicted molar refractivity (Wildman–Crippen MR) is 71.8 cm³/mol. The Morgan fingerprint density at radius 2 is 1.72 bits per heavy atom. The van der Waals surface area contributed by atoms with E-state index in [-0.39, 0.29) is 5.69 Å². The number of aromatic amines is 2. The highest BCUT2D eigenvalue weighted by Gasteiger charge is 2.41. The van der Waals surface area contributed by atoms with E-state index in [1.54, 1.807) is 0 Å². The van der Waals surface area contributed by atoms with Crippen molar-refractivity contribution < 1.29 is 0 Å². The highest BCUT2D eigenvalue weighted by Crippen LogP contribution is 2.45. The Kier molecular flexibility index (Phi) is 2.07. The Bertz CT molecular complexity index is 622. The number of rotatable bonds is 4. The highest BCUT2D eigenvalue weighted by atomic mass is 16.1. The van der Waals surface area contributed by atoms with Gasteiger partial charge in [-0.3, -0.25) is 0 Å². The molecule has 0 radical (unpaired) electrons. The van der Waals surface area contributed by atoms with Crippen LogP contribution in [0.1, 0.15) is 25.7 Å². The van der Waals surface area contributed by atoms with Crippen LogP contribution in [0.2, 0.25) is 0 Å². The summed E-state index contributed by atoms with van der Waals surface area (Å²) >= 11 is 0. The Morgan fingerprint density at radius 3 is 2.39 bits per heavy atom. The van der Waals surface area contributed by atoms with E-state index in [1.807, 2.05) is 12.1 Å². The van der Waals surface area contributed by atoms with Crippen LogP contribution in [-0.2, 0) is 0 Å². The van der Waals surface area contributed by atoms with Crippen molar-refractivity contribution in [1.82, 2.24) is 9.97 Å². The van der Waals surface area contributed by atoms with E-state index in [4.69, 9.17) is 0 Å². The molecule has 2 fully saturated rings. The lowest BCUT2D eigenvalue weighted by Gasteiger charge is -2.19. The number of benzene rings is 1. The lowest BCUT2D eigenvalue weighted by molar-refractivity contribution is 0.568. The summed E-state index contributed by atoms with van der Waals surface area (Å²) in [5.41, 5.74) is 2.75. The minimum Gasteiger partial charge on any atom is -0.382 e. The van der Waals surface area contributed by atoms with Crippen molar-refractivity contribution in [2.75, 3.05) is 5.32 Å². The van der Waals surface area contributed by atoms with Crippen LogP contribution in [0.15, 0.2) is 23.0 Å². The maximum Gasteiger partial charge on any atom is 0.323 e. The summed E-state index contributed by atoms with van der Waals surface area (Å²) in [5.74, 6) is 1.75. The van der Waals surface area contributed by atoms with Crippen LogP contribution in [0.3, 0.4) is 0 Å². The molecule has 0 aliphatic heterocycles. The fourth-order valence-electron chi connectivity index (χ4n) is 2.85. The third-order valence-electron chi connectivity index (χ3n) is 4.11. The second-order valence-corrected chi connectivity index (χ2v) is 5.68. The average molecular weight is 243 g/mol. The molecule has 3 N–H and O–H groups in total. The molecule has 94 valence electrons. The molecule has 4 rings (SSSR count). The van der Waals surface area contributed by atoms with Crippen molar-refractivity contribution >= 4 is 16.7 Å². The normalized spacial score (nSPS) is 19.6. The van der Waals surface area contributed by atoms with Gasteiger partial charge in [0.25, 0.3) is 0 Å². The molecular formula is C14H17N3O. The maximum atomic E-state index is 11.2. The van der Waals surface area contributed by atoms with Gasteiger partial charge in [0.05, 0.1) is 11.0 Å². The minimum atomic E-state index is -0.136. The second kappa shape index (κ2) is 3.64. The average Bonchev–Trinajstić information content (AvgIpc) is 3.23. The largest absolute Gasteiger partial charge is 0.382 e. The number of aromatic nitrogens is 2. The number of anilines is 1. The van der Waals surface area contributed by atoms with Gasteiger partial charge in [0.1, 0.15) is 0 Å². The molecule has 2 aliphatic rings. The number of fused-ring (bicyclic) bond motifs is 1. The van der Waals surface area contributed by atoms with Crippen LogP contribution >= 0.6 is 0 Å². The summed E-state index contributed by atoms with van der Waals surface area (Å²) < 4.78 is 0. The Balaban J connectivity index is 1.62. The molecule has 4 nitrogen and oxygen atoms in total. The number of H-pyrrole nitrogens is 2. The van der Waals surface area contributed by atoms with Gasteiger partial charge in [0.15, 0.2) is 0 Å². The van der Waals surface area contributed by atoms with Gasteiger partial charge < -0.3 is 15.3 Å². The zero-order valence-electron chi connectivity index (χ0n) is 10.2. The van der Waals surface area contributed by atoms with Crippen LogP contribution in [-0.4, -0.2) is 16.0 Å².